The number of hydrogen-bond acceptors (Lipinski definition) is 4. The maximum absolute atomic E-state index is 5.90. The summed E-state index contributed by atoms with van der Waals surface area (Å²) < 4.78 is 17.5. The van der Waals surface area contributed by atoms with E-state index in [1.807, 2.05) is 13.8 Å². The number of rotatable bonds is 6. The quantitative estimate of drug-likeness (QED) is 0.664. The number of hydrogen-bond donors (Lipinski definition) is 1. The largest absolute Gasteiger partial charge is 0.496 e. The molecule has 1 heterocycles. The van der Waals surface area contributed by atoms with Crippen molar-refractivity contribution in [1.82, 2.24) is 5.32 Å². The van der Waals surface area contributed by atoms with Gasteiger partial charge in [-0.3, -0.25) is 0 Å². The van der Waals surface area contributed by atoms with Gasteiger partial charge in [0.1, 0.15) is 5.75 Å². The molecule has 1 aliphatic rings. The SMILES string of the molecule is CCOc1cc2c(cc1OCC)[C@@H](c1c(OC)ccc3ccccc13)NCC2. The highest BCUT2D eigenvalue weighted by Crippen LogP contribution is 2.42. The molecule has 0 radical (unpaired) electrons. The molecule has 4 rings (SSSR count). The van der Waals surface area contributed by atoms with E-state index in [9.17, 15) is 0 Å². The maximum Gasteiger partial charge on any atom is 0.161 e. The van der Waals surface area contributed by atoms with E-state index in [0.717, 1.165) is 30.2 Å². The molecule has 0 aromatic heterocycles. The van der Waals surface area contributed by atoms with Gasteiger partial charge in [-0.15, -0.1) is 0 Å². The van der Waals surface area contributed by atoms with Crippen LogP contribution in [0.4, 0.5) is 0 Å². The van der Waals surface area contributed by atoms with Crippen LogP contribution in [-0.4, -0.2) is 26.9 Å². The summed E-state index contributed by atoms with van der Waals surface area (Å²) in [4.78, 5) is 0. The third kappa shape index (κ3) is 3.29. The van der Waals surface area contributed by atoms with Crippen molar-refractivity contribution in [2.24, 2.45) is 0 Å². The predicted molar refractivity (Wildman–Crippen MR) is 113 cm³/mol. The smallest absolute Gasteiger partial charge is 0.161 e. The minimum atomic E-state index is 0.0414. The molecular weight excluding hydrogens is 350 g/mol. The standard InChI is InChI=1S/C24H27NO3/c1-4-27-21-14-17-12-13-25-24(19(17)15-22(21)28-5-2)23-18-9-7-6-8-16(18)10-11-20(23)26-3/h6-11,14-15,24-25H,4-5,12-13H2,1-3H3/t24-/m0/s1. The van der Waals surface area contributed by atoms with Crippen molar-refractivity contribution < 1.29 is 14.2 Å². The molecular formula is C24H27NO3. The van der Waals surface area contributed by atoms with Crippen LogP contribution < -0.4 is 19.5 Å². The third-order valence-corrected chi connectivity index (χ3v) is 5.30. The van der Waals surface area contributed by atoms with E-state index < -0.39 is 0 Å². The zero-order valence-corrected chi connectivity index (χ0v) is 16.7. The molecule has 0 unspecified atom stereocenters. The summed E-state index contributed by atoms with van der Waals surface area (Å²) in [5.74, 6) is 2.53. The molecule has 4 heteroatoms. The maximum atomic E-state index is 5.90. The first-order valence-electron chi connectivity index (χ1n) is 9.98. The van der Waals surface area contributed by atoms with E-state index in [2.05, 4.69) is 53.8 Å². The van der Waals surface area contributed by atoms with Gasteiger partial charge in [-0.1, -0.05) is 30.3 Å². The first-order chi connectivity index (χ1) is 13.8. The Morgan fingerprint density at radius 1 is 0.929 bits per heavy atom. The summed E-state index contributed by atoms with van der Waals surface area (Å²) in [5.41, 5.74) is 3.70. The van der Waals surface area contributed by atoms with Crippen molar-refractivity contribution >= 4 is 10.8 Å². The molecule has 28 heavy (non-hydrogen) atoms. The summed E-state index contributed by atoms with van der Waals surface area (Å²) in [6, 6.07) is 17.0. The van der Waals surface area contributed by atoms with Crippen molar-refractivity contribution in [3.05, 3.63) is 65.2 Å². The molecule has 0 spiro atoms. The van der Waals surface area contributed by atoms with Gasteiger partial charge in [0.15, 0.2) is 11.5 Å². The van der Waals surface area contributed by atoms with Crippen molar-refractivity contribution in [2.45, 2.75) is 26.3 Å². The normalized spacial score (nSPS) is 15.9. The van der Waals surface area contributed by atoms with Crippen LogP contribution in [0.3, 0.4) is 0 Å². The van der Waals surface area contributed by atoms with E-state index in [1.54, 1.807) is 7.11 Å². The molecule has 4 nitrogen and oxygen atoms in total. The van der Waals surface area contributed by atoms with Gasteiger partial charge in [-0.2, -0.15) is 0 Å². The Morgan fingerprint density at radius 2 is 1.68 bits per heavy atom. The first-order valence-corrected chi connectivity index (χ1v) is 9.98. The topological polar surface area (TPSA) is 39.7 Å². The van der Waals surface area contributed by atoms with Crippen LogP contribution in [0.25, 0.3) is 10.8 Å². The van der Waals surface area contributed by atoms with Gasteiger partial charge in [0.05, 0.1) is 26.4 Å². The Morgan fingerprint density at radius 3 is 2.43 bits per heavy atom. The lowest BCUT2D eigenvalue weighted by molar-refractivity contribution is 0.286. The summed E-state index contributed by atoms with van der Waals surface area (Å²) in [6.45, 7) is 6.13. The molecule has 0 amide bonds. The van der Waals surface area contributed by atoms with Crippen molar-refractivity contribution in [2.75, 3.05) is 26.9 Å². The van der Waals surface area contributed by atoms with E-state index in [1.165, 1.54) is 27.5 Å². The molecule has 1 atom stereocenters. The van der Waals surface area contributed by atoms with Gasteiger partial charge in [0, 0.05) is 12.1 Å². The molecule has 1 aliphatic heterocycles. The van der Waals surface area contributed by atoms with Crippen LogP contribution in [0.5, 0.6) is 17.2 Å². The summed E-state index contributed by atoms with van der Waals surface area (Å²) in [5, 5.41) is 6.12. The van der Waals surface area contributed by atoms with Crippen LogP contribution in [0.1, 0.15) is 36.6 Å². The molecule has 0 aliphatic carbocycles. The van der Waals surface area contributed by atoms with Crippen LogP contribution >= 0.6 is 0 Å². The van der Waals surface area contributed by atoms with Gasteiger partial charge in [-0.25, -0.2) is 0 Å². The fourth-order valence-electron chi connectivity index (χ4n) is 4.11. The highest BCUT2D eigenvalue weighted by Gasteiger charge is 2.27. The lowest BCUT2D eigenvalue weighted by Gasteiger charge is -2.30. The second-order valence-electron chi connectivity index (χ2n) is 6.90. The van der Waals surface area contributed by atoms with Crippen molar-refractivity contribution in [3.63, 3.8) is 0 Å². The molecule has 0 fully saturated rings. The Hall–Kier alpha value is -2.72. The third-order valence-electron chi connectivity index (χ3n) is 5.30. The van der Waals surface area contributed by atoms with E-state index >= 15 is 0 Å². The molecule has 3 aromatic carbocycles. The van der Waals surface area contributed by atoms with Gasteiger partial charge in [0.25, 0.3) is 0 Å². The lowest BCUT2D eigenvalue weighted by Crippen LogP contribution is -2.31. The number of ether oxygens (including phenoxy) is 3. The van der Waals surface area contributed by atoms with Crippen molar-refractivity contribution in [1.29, 1.82) is 0 Å². The van der Waals surface area contributed by atoms with Gasteiger partial charge in [0.2, 0.25) is 0 Å². The first kappa shape index (κ1) is 18.6. The number of fused-ring (bicyclic) bond motifs is 2. The average Bonchev–Trinajstić information content (AvgIpc) is 2.73. The number of methoxy groups -OCH3 is 1. The van der Waals surface area contributed by atoms with Gasteiger partial charge in [-0.05, 0) is 60.4 Å². The zero-order chi connectivity index (χ0) is 19.5. The lowest BCUT2D eigenvalue weighted by atomic mass is 9.86. The number of nitrogens with one attached hydrogen (secondary N) is 1. The predicted octanol–water partition coefficient (Wildman–Crippen LogP) is 4.88. The summed E-state index contributed by atoms with van der Waals surface area (Å²) >= 11 is 0. The molecule has 0 saturated carbocycles. The second kappa shape index (κ2) is 8.11. The molecule has 1 N–H and O–H groups in total. The monoisotopic (exact) mass is 377 g/mol. The second-order valence-corrected chi connectivity index (χ2v) is 6.90. The molecule has 0 bridgehead atoms. The highest BCUT2D eigenvalue weighted by molar-refractivity contribution is 5.89. The Labute approximate surface area is 166 Å². The van der Waals surface area contributed by atoms with Crippen LogP contribution in [-0.2, 0) is 6.42 Å². The molecule has 146 valence electrons. The molecule has 3 aromatic rings. The minimum Gasteiger partial charge on any atom is -0.496 e. The Kier molecular flexibility index (Phi) is 5.40. The highest BCUT2D eigenvalue weighted by atomic mass is 16.5. The Bertz CT molecular complexity index is 983. The summed E-state index contributed by atoms with van der Waals surface area (Å²) in [6.07, 6.45) is 0.964. The molecule has 0 saturated heterocycles. The fourth-order valence-corrected chi connectivity index (χ4v) is 4.11. The fraction of sp³-hybridized carbons (Fsp3) is 0.333. The number of benzene rings is 3. The van der Waals surface area contributed by atoms with E-state index in [4.69, 9.17) is 14.2 Å². The van der Waals surface area contributed by atoms with Gasteiger partial charge >= 0.3 is 0 Å². The van der Waals surface area contributed by atoms with Crippen molar-refractivity contribution in [3.8, 4) is 17.2 Å². The van der Waals surface area contributed by atoms with E-state index in [-0.39, 0.29) is 6.04 Å². The van der Waals surface area contributed by atoms with Crippen LogP contribution in [0.15, 0.2) is 48.5 Å². The van der Waals surface area contributed by atoms with Crippen LogP contribution in [0.2, 0.25) is 0 Å². The van der Waals surface area contributed by atoms with E-state index in [0.29, 0.717) is 13.2 Å². The summed E-state index contributed by atoms with van der Waals surface area (Å²) in [7, 11) is 1.74. The average molecular weight is 377 g/mol. The minimum absolute atomic E-state index is 0.0414. The Balaban J connectivity index is 1.91. The van der Waals surface area contributed by atoms with Gasteiger partial charge < -0.3 is 19.5 Å². The van der Waals surface area contributed by atoms with Crippen LogP contribution in [0, 0.1) is 0 Å². The zero-order valence-electron chi connectivity index (χ0n) is 16.7.